The van der Waals surface area contributed by atoms with E-state index < -0.39 is 26.5 Å². The van der Waals surface area contributed by atoms with Gasteiger partial charge in [-0.1, -0.05) is 18.2 Å². The van der Waals surface area contributed by atoms with E-state index in [0.717, 1.165) is 9.13 Å². The molecule has 0 aliphatic heterocycles. The molecule has 0 saturated carbocycles. The van der Waals surface area contributed by atoms with Crippen LogP contribution in [0, 0.1) is 0 Å². The maximum absolute atomic E-state index is 12.3. The first-order valence-electron chi connectivity index (χ1n) is 6.46. The zero-order valence-electron chi connectivity index (χ0n) is 12.2. The largest absolute Gasteiger partial charge is 0.377 e. The minimum atomic E-state index is -4.26. The van der Waals surface area contributed by atoms with E-state index in [1.165, 1.54) is 26.2 Å². The SMILES string of the molecule is Cn1c(=O)c2[nH]c(S(=O)(=O)Oc3ccccc3)nc2n(C)c1=O. The van der Waals surface area contributed by atoms with Crippen molar-refractivity contribution in [1.29, 1.82) is 0 Å². The third kappa shape index (κ3) is 2.42. The van der Waals surface area contributed by atoms with Gasteiger partial charge in [-0.2, -0.15) is 13.4 Å². The number of imidazole rings is 1. The first-order valence-corrected chi connectivity index (χ1v) is 7.87. The van der Waals surface area contributed by atoms with Gasteiger partial charge in [0, 0.05) is 14.1 Å². The lowest BCUT2D eigenvalue weighted by Gasteiger charge is -2.03. The van der Waals surface area contributed by atoms with Gasteiger partial charge in [0.05, 0.1) is 0 Å². The van der Waals surface area contributed by atoms with Crippen LogP contribution in [0.2, 0.25) is 0 Å². The number of rotatable bonds is 3. The van der Waals surface area contributed by atoms with Gasteiger partial charge >= 0.3 is 15.8 Å². The van der Waals surface area contributed by atoms with Gasteiger partial charge in [0.2, 0.25) is 0 Å². The van der Waals surface area contributed by atoms with Crippen LogP contribution in [0.25, 0.3) is 11.2 Å². The summed E-state index contributed by atoms with van der Waals surface area (Å²) in [6.07, 6.45) is 0. The first kappa shape index (κ1) is 15.0. The molecule has 0 aliphatic rings. The summed E-state index contributed by atoms with van der Waals surface area (Å²) in [5, 5.41) is -0.547. The lowest BCUT2D eigenvalue weighted by Crippen LogP contribution is -2.36. The van der Waals surface area contributed by atoms with Crippen LogP contribution in [0.15, 0.2) is 45.1 Å². The van der Waals surface area contributed by atoms with Crippen molar-refractivity contribution in [3.63, 3.8) is 0 Å². The summed E-state index contributed by atoms with van der Waals surface area (Å²) in [6.45, 7) is 0. The molecule has 3 rings (SSSR count). The van der Waals surface area contributed by atoms with E-state index in [2.05, 4.69) is 9.97 Å². The number of H-pyrrole nitrogens is 1. The fourth-order valence-corrected chi connectivity index (χ4v) is 2.93. The Labute approximate surface area is 129 Å². The van der Waals surface area contributed by atoms with Crippen LogP contribution < -0.4 is 15.4 Å². The predicted molar refractivity (Wildman–Crippen MR) is 80.8 cm³/mol. The molecular weight excluding hydrogens is 324 g/mol. The Balaban J connectivity index is 2.18. The van der Waals surface area contributed by atoms with Crippen molar-refractivity contribution in [2.75, 3.05) is 0 Å². The molecule has 0 saturated heterocycles. The Hall–Kier alpha value is -2.88. The van der Waals surface area contributed by atoms with Crippen LogP contribution in [0.4, 0.5) is 0 Å². The zero-order valence-corrected chi connectivity index (χ0v) is 13.0. The minimum absolute atomic E-state index is 0.0617. The van der Waals surface area contributed by atoms with Gasteiger partial charge in [0.15, 0.2) is 11.2 Å². The molecule has 120 valence electrons. The molecule has 1 aromatic carbocycles. The normalized spacial score (nSPS) is 11.7. The monoisotopic (exact) mass is 336 g/mol. The molecule has 0 bridgehead atoms. The smallest absolute Gasteiger partial charge is 0.373 e. The number of nitrogens with zero attached hydrogens (tertiary/aromatic N) is 3. The highest BCUT2D eigenvalue weighted by Crippen LogP contribution is 2.17. The number of aryl methyl sites for hydroxylation is 1. The van der Waals surface area contributed by atoms with Crippen LogP contribution in [0.1, 0.15) is 0 Å². The molecule has 3 aromatic rings. The molecule has 0 amide bonds. The lowest BCUT2D eigenvalue weighted by atomic mass is 10.3. The maximum Gasteiger partial charge on any atom is 0.373 e. The van der Waals surface area contributed by atoms with E-state index in [4.69, 9.17) is 4.18 Å². The van der Waals surface area contributed by atoms with E-state index in [1.54, 1.807) is 18.2 Å². The quantitative estimate of drug-likeness (QED) is 0.658. The van der Waals surface area contributed by atoms with Gasteiger partial charge in [-0.05, 0) is 12.1 Å². The summed E-state index contributed by atoms with van der Waals surface area (Å²) in [5.74, 6) is 0.106. The predicted octanol–water partition coefficient (Wildman–Crippen LogP) is -0.272. The Kier molecular flexibility index (Phi) is 3.33. The summed E-state index contributed by atoms with van der Waals surface area (Å²) in [6, 6.07) is 7.87. The second-order valence-corrected chi connectivity index (χ2v) is 6.26. The fraction of sp³-hybridized carbons (Fsp3) is 0.154. The van der Waals surface area contributed by atoms with Crippen molar-refractivity contribution in [2.24, 2.45) is 14.1 Å². The van der Waals surface area contributed by atoms with Crippen LogP contribution in [-0.4, -0.2) is 27.5 Å². The van der Waals surface area contributed by atoms with Gasteiger partial charge in [0.25, 0.3) is 10.7 Å². The standard InChI is InChI=1S/C13H12N4O5S/c1-16-10-9(11(18)17(2)13(16)19)14-12(15-10)23(20,21)22-8-6-4-3-5-7-8/h3-7H,1-2H3,(H,14,15). The summed E-state index contributed by atoms with van der Waals surface area (Å²) >= 11 is 0. The molecule has 0 radical (unpaired) electrons. The van der Waals surface area contributed by atoms with Gasteiger partial charge < -0.3 is 9.17 Å². The van der Waals surface area contributed by atoms with Crippen molar-refractivity contribution in [3.8, 4) is 5.75 Å². The molecule has 9 nitrogen and oxygen atoms in total. The highest BCUT2D eigenvalue weighted by molar-refractivity contribution is 7.86. The van der Waals surface area contributed by atoms with E-state index >= 15 is 0 Å². The highest BCUT2D eigenvalue weighted by atomic mass is 32.2. The minimum Gasteiger partial charge on any atom is -0.377 e. The van der Waals surface area contributed by atoms with Crippen LogP contribution in [-0.2, 0) is 24.2 Å². The molecule has 23 heavy (non-hydrogen) atoms. The van der Waals surface area contributed by atoms with Gasteiger partial charge in [0.1, 0.15) is 5.75 Å². The number of aromatic amines is 1. The molecule has 0 fully saturated rings. The molecule has 0 aliphatic carbocycles. The lowest BCUT2D eigenvalue weighted by molar-refractivity contribution is 0.479. The number of nitrogens with one attached hydrogen (secondary N) is 1. The summed E-state index contributed by atoms with van der Waals surface area (Å²) in [7, 11) is -1.59. The summed E-state index contributed by atoms with van der Waals surface area (Å²) < 4.78 is 31.4. The Bertz CT molecular complexity index is 1110. The third-order valence-electron chi connectivity index (χ3n) is 3.26. The van der Waals surface area contributed by atoms with Crippen LogP contribution in [0.5, 0.6) is 5.75 Å². The Morgan fingerprint density at radius 1 is 1.09 bits per heavy atom. The number of benzene rings is 1. The average Bonchev–Trinajstić information content (AvgIpc) is 2.98. The Morgan fingerprint density at radius 2 is 1.74 bits per heavy atom. The van der Waals surface area contributed by atoms with E-state index in [-0.39, 0.29) is 16.9 Å². The molecular formula is C13H12N4O5S. The molecule has 0 spiro atoms. The van der Waals surface area contributed by atoms with Gasteiger partial charge in [-0.25, -0.2) is 4.79 Å². The topological polar surface area (TPSA) is 116 Å². The zero-order chi connectivity index (χ0) is 16.8. The second-order valence-electron chi connectivity index (χ2n) is 4.80. The summed E-state index contributed by atoms with van der Waals surface area (Å²) in [5.41, 5.74) is -1.43. The maximum atomic E-state index is 12.3. The third-order valence-corrected chi connectivity index (χ3v) is 4.34. The van der Waals surface area contributed by atoms with E-state index in [1.807, 2.05) is 0 Å². The number of fused-ring (bicyclic) bond motifs is 1. The van der Waals surface area contributed by atoms with Crippen molar-refractivity contribution in [3.05, 3.63) is 51.2 Å². The number of hydrogen-bond acceptors (Lipinski definition) is 6. The van der Waals surface area contributed by atoms with Gasteiger partial charge in [-0.15, -0.1) is 0 Å². The van der Waals surface area contributed by atoms with Crippen LogP contribution in [0.3, 0.4) is 0 Å². The molecule has 2 aromatic heterocycles. The highest BCUT2D eigenvalue weighted by Gasteiger charge is 2.24. The molecule has 1 N–H and O–H groups in total. The molecule has 0 atom stereocenters. The molecule has 0 unspecified atom stereocenters. The van der Waals surface area contributed by atoms with E-state index in [0.29, 0.717) is 0 Å². The fourth-order valence-electron chi connectivity index (χ4n) is 2.07. The summed E-state index contributed by atoms with van der Waals surface area (Å²) in [4.78, 5) is 30.1. The van der Waals surface area contributed by atoms with Crippen molar-refractivity contribution >= 4 is 21.3 Å². The van der Waals surface area contributed by atoms with Crippen molar-refractivity contribution < 1.29 is 12.6 Å². The number of hydrogen-bond donors (Lipinski definition) is 1. The van der Waals surface area contributed by atoms with Gasteiger partial charge in [-0.3, -0.25) is 13.9 Å². The van der Waals surface area contributed by atoms with Crippen molar-refractivity contribution in [1.82, 2.24) is 19.1 Å². The van der Waals surface area contributed by atoms with Crippen molar-refractivity contribution in [2.45, 2.75) is 5.16 Å². The van der Waals surface area contributed by atoms with Crippen LogP contribution >= 0.6 is 0 Å². The number of para-hydroxylation sites is 1. The van der Waals surface area contributed by atoms with E-state index in [9.17, 15) is 18.0 Å². The molecule has 10 heteroatoms. The average molecular weight is 336 g/mol. The second kappa shape index (κ2) is 5.09. The number of aromatic nitrogens is 4. The molecule has 2 heterocycles. The Morgan fingerprint density at radius 3 is 2.39 bits per heavy atom. The first-order chi connectivity index (χ1) is 10.8.